The van der Waals surface area contributed by atoms with Crippen molar-refractivity contribution >= 4 is 17.3 Å². The minimum absolute atomic E-state index is 0.0243. The third kappa shape index (κ3) is 3.91. The highest BCUT2D eigenvalue weighted by Gasteiger charge is 2.20. The molecule has 0 aliphatic carbocycles. The Hall–Kier alpha value is -1.17. The van der Waals surface area contributed by atoms with Gasteiger partial charge in [-0.3, -0.25) is 10.1 Å². The molecule has 1 aliphatic heterocycles. The fourth-order valence-corrected chi connectivity index (χ4v) is 2.69. The standard InChI is InChI=1S/C14H19ClN2O3/c1-10(11-4-6-20-7-5-11)16-9-12-2-3-13(17(18)19)8-14(12)15/h2-3,8,10-11,16H,4-7,9H2,1H3. The maximum absolute atomic E-state index is 10.7. The summed E-state index contributed by atoms with van der Waals surface area (Å²) >= 11 is 6.08. The van der Waals surface area contributed by atoms with Crippen LogP contribution in [0.2, 0.25) is 5.02 Å². The zero-order valence-electron chi connectivity index (χ0n) is 11.5. The van der Waals surface area contributed by atoms with E-state index in [4.69, 9.17) is 16.3 Å². The van der Waals surface area contributed by atoms with E-state index in [1.54, 1.807) is 6.07 Å². The molecule has 1 aromatic rings. The van der Waals surface area contributed by atoms with Crippen LogP contribution in [-0.4, -0.2) is 24.2 Å². The summed E-state index contributed by atoms with van der Waals surface area (Å²) < 4.78 is 5.35. The minimum Gasteiger partial charge on any atom is -0.381 e. The highest BCUT2D eigenvalue weighted by molar-refractivity contribution is 6.31. The molecule has 0 radical (unpaired) electrons. The zero-order valence-corrected chi connectivity index (χ0v) is 12.2. The molecular weight excluding hydrogens is 280 g/mol. The first-order valence-electron chi connectivity index (χ1n) is 6.82. The van der Waals surface area contributed by atoms with Gasteiger partial charge in [-0.25, -0.2) is 0 Å². The van der Waals surface area contributed by atoms with Gasteiger partial charge in [0, 0.05) is 37.9 Å². The molecule has 1 aliphatic rings. The minimum atomic E-state index is -0.437. The Balaban J connectivity index is 1.91. The first-order valence-corrected chi connectivity index (χ1v) is 7.19. The summed E-state index contributed by atoms with van der Waals surface area (Å²) in [6, 6.07) is 4.98. The molecule has 0 bridgehead atoms. The lowest BCUT2D eigenvalue weighted by molar-refractivity contribution is -0.384. The SMILES string of the molecule is CC(NCc1ccc([N+](=O)[O-])cc1Cl)C1CCOCC1. The maximum Gasteiger partial charge on any atom is 0.270 e. The number of non-ortho nitro benzene ring substituents is 1. The van der Waals surface area contributed by atoms with Crippen LogP contribution in [0.5, 0.6) is 0 Å². The third-order valence-electron chi connectivity index (χ3n) is 3.84. The van der Waals surface area contributed by atoms with E-state index >= 15 is 0 Å². The number of benzene rings is 1. The number of rotatable bonds is 5. The molecule has 1 heterocycles. The largest absolute Gasteiger partial charge is 0.381 e. The molecule has 1 unspecified atom stereocenters. The van der Waals surface area contributed by atoms with Crippen LogP contribution in [0.3, 0.4) is 0 Å². The van der Waals surface area contributed by atoms with Gasteiger partial charge in [-0.2, -0.15) is 0 Å². The summed E-state index contributed by atoms with van der Waals surface area (Å²) in [5.41, 5.74) is 0.910. The van der Waals surface area contributed by atoms with Gasteiger partial charge in [0.1, 0.15) is 0 Å². The predicted octanol–water partition coefficient (Wildman–Crippen LogP) is 3.15. The van der Waals surface area contributed by atoms with Gasteiger partial charge in [0.25, 0.3) is 5.69 Å². The van der Waals surface area contributed by atoms with Gasteiger partial charge in [0.05, 0.1) is 9.95 Å². The Morgan fingerprint density at radius 3 is 2.80 bits per heavy atom. The van der Waals surface area contributed by atoms with E-state index in [-0.39, 0.29) is 5.69 Å². The average Bonchev–Trinajstić information content (AvgIpc) is 2.46. The van der Waals surface area contributed by atoms with E-state index in [0.717, 1.165) is 31.6 Å². The van der Waals surface area contributed by atoms with Gasteiger partial charge in [-0.15, -0.1) is 0 Å². The average molecular weight is 299 g/mol. The van der Waals surface area contributed by atoms with Gasteiger partial charge in [-0.05, 0) is 37.3 Å². The molecular formula is C14H19ClN2O3. The van der Waals surface area contributed by atoms with E-state index in [9.17, 15) is 10.1 Å². The second-order valence-corrected chi connectivity index (χ2v) is 5.56. The van der Waals surface area contributed by atoms with Crippen molar-refractivity contribution in [1.82, 2.24) is 5.32 Å². The molecule has 1 aromatic carbocycles. The maximum atomic E-state index is 10.7. The van der Waals surface area contributed by atoms with E-state index in [1.807, 2.05) is 0 Å². The van der Waals surface area contributed by atoms with Crippen molar-refractivity contribution in [1.29, 1.82) is 0 Å². The van der Waals surface area contributed by atoms with Crippen molar-refractivity contribution in [2.45, 2.75) is 32.4 Å². The molecule has 1 atom stereocenters. The lowest BCUT2D eigenvalue weighted by atomic mass is 9.93. The number of nitrogens with zero attached hydrogens (tertiary/aromatic N) is 1. The van der Waals surface area contributed by atoms with Crippen LogP contribution in [0.4, 0.5) is 5.69 Å². The van der Waals surface area contributed by atoms with Gasteiger partial charge in [0.15, 0.2) is 0 Å². The lowest BCUT2D eigenvalue weighted by Gasteiger charge is -2.28. The van der Waals surface area contributed by atoms with E-state index in [0.29, 0.717) is 23.5 Å². The summed E-state index contributed by atoms with van der Waals surface area (Å²) in [4.78, 5) is 10.2. The van der Waals surface area contributed by atoms with Crippen molar-refractivity contribution in [3.05, 3.63) is 38.9 Å². The molecule has 1 fully saturated rings. The topological polar surface area (TPSA) is 64.4 Å². The molecule has 2 rings (SSSR count). The number of nitro benzene ring substituents is 1. The Labute approximate surface area is 123 Å². The number of hydrogen-bond acceptors (Lipinski definition) is 4. The highest BCUT2D eigenvalue weighted by Crippen LogP contribution is 2.23. The highest BCUT2D eigenvalue weighted by atomic mass is 35.5. The van der Waals surface area contributed by atoms with Crippen LogP contribution in [0.25, 0.3) is 0 Å². The summed E-state index contributed by atoms with van der Waals surface area (Å²) in [5.74, 6) is 0.612. The van der Waals surface area contributed by atoms with Crippen LogP contribution >= 0.6 is 11.6 Å². The monoisotopic (exact) mass is 298 g/mol. The fourth-order valence-electron chi connectivity index (χ4n) is 2.45. The fraction of sp³-hybridized carbons (Fsp3) is 0.571. The van der Waals surface area contributed by atoms with Gasteiger partial charge in [0.2, 0.25) is 0 Å². The predicted molar refractivity (Wildman–Crippen MR) is 78.0 cm³/mol. The van der Waals surface area contributed by atoms with Crippen molar-refractivity contribution in [2.75, 3.05) is 13.2 Å². The number of ether oxygens (including phenoxy) is 1. The Kier molecular flexibility index (Phi) is 5.34. The van der Waals surface area contributed by atoms with Crippen molar-refractivity contribution in [3.8, 4) is 0 Å². The van der Waals surface area contributed by atoms with Crippen LogP contribution < -0.4 is 5.32 Å². The summed E-state index contributed by atoms with van der Waals surface area (Å²) in [5, 5.41) is 14.5. The second-order valence-electron chi connectivity index (χ2n) is 5.15. The molecule has 5 nitrogen and oxygen atoms in total. The number of nitro groups is 1. The van der Waals surface area contributed by atoms with Crippen LogP contribution in [0.1, 0.15) is 25.3 Å². The normalized spacial score (nSPS) is 17.9. The number of nitrogens with one attached hydrogen (secondary N) is 1. The van der Waals surface area contributed by atoms with E-state index in [1.165, 1.54) is 12.1 Å². The molecule has 6 heteroatoms. The smallest absolute Gasteiger partial charge is 0.270 e. The molecule has 0 amide bonds. The van der Waals surface area contributed by atoms with Gasteiger partial charge >= 0.3 is 0 Å². The Morgan fingerprint density at radius 2 is 2.20 bits per heavy atom. The van der Waals surface area contributed by atoms with E-state index in [2.05, 4.69) is 12.2 Å². The molecule has 0 saturated carbocycles. The first kappa shape index (κ1) is 15.2. The van der Waals surface area contributed by atoms with Crippen LogP contribution in [0.15, 0.2) is 18.2 Å². The van der Waals surface area contributed by atoms with Crippen LogP contribution in [0, 0.1) is 16.0 Å². The molecule has 1 N–H and O–H groups in total. The summed E-state index contributed by atoms with van der Waals surface area (Å²) in [6.45, 7) is 4.44. The quantitative estimate of drug-likeness (QED) is 0.670. The zero-order chi connectivity index (χ0) is 14.5. The summed E-state index contributed by atoms with van der Waals surface area (Å²) in [7, 11) is 0. The van der Waals surface area contributed by atoms with Crippen molar-refractivity contribution in [3.63, 3.8) is 0 Å². The van der Waals surface area contributed by atoms with E-state index < -0.39 is 4.92 Å². The molecule has 1 saturated heterocycles. The first-order chi connectivity index (χ1) is 9.58. The summed E-state index contributed by atoms with van der Waals surface area (Å²) in [6.07, 6.45) is 2.14. The number of hydrogen-bond donors (Lipinski definition) is 1. The van der Waals surface area contributed by atoms with Crippen molar-refractivity contribution in [2.24, 2.45) is 5.92 Å². The molecule has 110 valence electrons. The number of halogens is 1. The van der Waals surface area contributed by atoms with Gasteiger partial charge < -0.3 is 10.1 Å². The second kappa shape index (κ2) is 7.02. The van der Waals surface area contributed by atoms with Gasteiger partial charge in [-0.1, -0.05) is 11.6 Å². The molecule has 0 aromatic heterocycles. The third-order valence-corrected chi connectivity index (χ3v) is 4.19. The van der Waals surface area contributed by atoms with Crippen LogP contribution in [-0.2, 0) is 11.3 Å². The Morgan fingerprint density at radius 1 is 1.50 bits per heavy atom. The lowest BCUT2D eigenvalue weighted by Crippen LogP contribution is -2.36. The van der Waals surface area contributed by atoms with Crippen molar-refractivity contribution < 1.29 is 9.66 Å². The molecule has 20 heavy (non-hydrogen) atoms. The Bertz CT molecular complexity index is 475. The molecule has 0 spiro atoms.